The average molecular weight is 609 g/mol. The number of pyridine rings is 1. The number of aromatic nitrogens is 3. The lowest BCUT2D eigenvalue weighted by Crippen LogP contribution is -2.33. The summed E-state index contributed by atoms with van der Waals surface area (Å²) in [5.41, 5.74) is 1.29. The smallest absolute Gasteiger partial charge is 0.340 e. The molecule has 6 atom stereocenters. The number of hydrogen-bond donors (Lipinski definition) is 6. The summed E-state index contributed by atoms with van der Waals surface area (Å²) in [6, 6.07) is 6.73. The molecule has 6 N–H and O–H groups in total. The lowest BCUT2D eigenvalue weighted by Gasteiger charge is -2.19. The molecule has 1 aliphatic rings. The normalized spacial score (nSPS) is 24.1. The number of ether oxygens (including phenoxy) is 1. The van der Waals surface area contributed by atoms with Gasteiger partial charge in [0.25, 0.3) is 0 Å². The Morgan fingerprint density at radius 2 is 1.92 bits per heavy atom. The van der Waals surface area contributed by atoms with Crippen molar-refractivity contribution in [2.45, 2.75) is 43.7 Å². The molecule has 0 aliphatic heterocycles. The minimum absolute atomic E-state index is 0.0843. The lowest BCUT2D eigenvalue weighted by atomic mass is 10.1. The van der Waals surface area contributed by atoms with Crippen LogP contribution < -0.4 is 5.32 Å². The maximum atomic E-state index is 14.3. The Kier molecular flexibility index (Phi) is 9.14. The molecule has 0 bridgehead atoms. The van der Waals surface area contributed by atoms with E-state index in [9.17, 15) is 28.6 Å². The van der Waals surface area contributed by atoms with Crippen molar-refractivity contribution in [3.05, 3.63) is 53.1 Å². The van der Waals surface area contributed by atoms with Gasteiger partial charge in [0.05, 0.1) is 48.7 Å². The van der Waals surface area contributed by atoms with Gasteiger partial charge >= 0.3 is 15.2 Å². The minimum atomic E-state index is -4.76. The summed E-state index contributed by atoms with van der Waals surface area (Å²) in [5.74, 6) is -1.70. The Labute approximate surface area is 227 Å². The molecule has 1 unspecified atom stereocenters. The molecular formula is C22H28ClFN4O9P2. The van der Waals surface area contributed by atoms with E-state index in [-0.39, 0.29) is 24.0 Å². The van der Waals surface area contributed by atoms with Gasteiger partial charge in [0.2, 0.25) is 0 Å². The fourth-order valence-electron chi connectivity index (χ4n) is 4.52. The first kappa shape index (κ1) is 30.0. The molecule has 0 spiro atoms. The molecular weight excluding hydrogens is 581 g/mol. The van der Waals surface area contributed by atoms with Crippen molar-refractivity contribution in [1.29, 1.82) is 0 Å². The Bertz CT molecular complexity index is 1420. The molecule has 1 fully saturated rings. The molecule has 0 amide bonds. The van der Waals surface area contributed by atoms with E-state index in [1.807, 2.05) is 0 Å². The average Bonchev–Trinajstić information content (AvgIpc) is 3.36. The van der Waals surface area contributed by atoms with Crippen LogP contribution >= 0.6 is 26.8 Å². The zero-order valence-corrected chi connectivity index (χ0v) is 23.1. The predicted octanol–water partition coefficient (Wildman–Crippen LogP) is 2.79. The highest BCUT2D eigenvalue weighted by Gasteiger charge is 2.44. The van der Waals surface area contributed by atoms with Crippen molar-refractivity contribution in [3.63, 3.8) is 0 Å². The second kappa shape index (κ2) is 11.9. The second-order valence-electron chi connectivity index (χ2n) is 9.18. The predicted molar refractivity (Wildman–Crippen MR) is 139 cm³/mol. The van der Waals surface area contributed by atoms with Crippen LogP contribution in [-0.2, 0) is 18.4 Å². The van der Waals surface area contributed by atoms with Crippen molar-refractivity contribution in [2.24, 2.45) is 0 Å². The third-order valence-electron chi connectivity index (χ3n) is 6.26. The summed E-state index contributed by atoms with van der Waals surface area (Å²) < 4.78 is 48.5. The number of halogens is 2. The number of anilines is 1. The molecule has 3 aromatic rings. The summed E-state index contributed by atoms with van der Waals surface area (Å²) in [7, 11) is -9.30. The number of fused-ring (bicyclic) bond motifs is 1. The van der Waals surface area contributed by atoms with Crippen LogP contribution in [0.15, 0.2) is 36.5 Å². The van der Waals surface area contributed by atoms with Crippen LogP contribution in [0.3, 0.4) is 0 Å². The molecule has 1 aromatic carbocycles. The van der Waals surface area contributed by atoms with E-state index in [0.717, 1.165) is 0 Å². The number of aliphatic hydroxyl groups is 2. The van der Waals surface area contributed by atoms with Crippen LogP contribution in [0.1, 0.15) is 31.0 Å². The standard InChI is InChI=1S/C22H28ClFN4O9P2/c1-12(13-4-2-3-5-15(13)24)26-16-8-19(23)27-22-14(16)10-25-28(22)17-9-18(21(30)20(17)29)36-6-7-37-39(34,35)11-38(31,32)33/h2-5,8,10,12,17-18,20-21,29-30H,6-7,9,11H2,1H3,(H,26,27)(H,34,35)(H2,31,32,33)/t12-,17+,18-,20-,21+/m0/s1. The van der Waals surface area contributed by atoms with Crippen molar-refractivity contribution in [1.82, 2.24) is 14.8 Å². The molecule has 17 heteroatoms. The van der Waals surface area contributed by atoms with E-state index in [4.69, 9.17) is 26.1 Å². The maximum absolute atomic E-state index is 14.3. The molecule has 4 rings (SSSR count). The molecule has 2 aromatic heterocycles. The van der Waals surface area contributed by atoms with Gasteiger partial charge in [-0.05, 0) is 19.1 Å². The summed E-state index contributed by atoms with van der Waals surface area (Å²) in [6.07, 6.45) is -1.97. The molecule has 13 nitrogen and oxygen atoms in total. The maximum Gasteiger partial charge on any atom is 0.340 e. The van der Waals surface area contributed by atoms with Crippen LogP contribution in [0.4, 0.5) is 10.1 Å². The van der Waals surface area contributed by atoms with Crippen molar-refractivity contribution in [3.8, 4) is 0 Å². The molecule has 1 saturated carbocycles. The molecule has 0 radical (unpaired) electrons. The molecule has 39 heavy (non-hydrogen) atoms. The fraction of sp³-hybridized carbons (Fsp3) is 0.455. The minimum Gasteiger partial charge on any atom is -0.388 e. The molecule has 0 saturated heterocycles. The van der Waals surface area contributed by atoms with Gasteiger partial charge in [-0.3, -0.25) is 9.13 Å². The zero-order valence-electron chi connectivity index (χ0n) is 20.5. The number of rotatable bonds is 11. The van der Waals surface area contributed by atoms with Gasteiger partial charge in [-0.2, -0.15) is 5.10 Å². The number of aliphatic hydroxyl groups excluding tert-OH is 2. The van der Waals surface area contributed by atoms with Gasteiger partial charge < -0.3 is 39.5 Å². The summed E-state index contributed by atoms with van der Waals surface area (Å²) in [5, 5.41) is 29.5. The van der Waals surface area contributed by atoms with Crippen LogP contribution in [0.2, 0.25) is 5.15 Å². The Hall–Kier alpha value is -1.96. The number of nitrogens with one attached hydrogen (secondary N) is 1. The van der Waals surface area contributed by atoms with Gasteiger partial charge in [0.15, 0.2) is 11.6 Å². The van der Waals surface area contributed by atoms with Gasteiger partial charge in [-0.15, -0.1) is 0 Å². The van der Waals surface area contributed by atoms with Crippen LogP contribution in [0.5, 0.6) is 0 Å². The van der Waals surface area contributed by atoms with E-state index in [0.29, 0.717) is 22.3 Å². The summed E-state index contributed by atoms with van der Waals surface area (Å²) >= 11 is 6.27. The van der Waals surface area contributed by atoms with Crippen LogP contribution in [-0.4, -0.2) is 77.1 Å². The van der Waals surface area contributed by atoms with Crippen LogP contribution in [0.25, 0.3) is 11.0 Å². The summed E-state index contributed by atoms with van der Waals surface area (Å²) in [6.45, 7) is 1.02. The first-order valence-electron chi connectivity index (χ1n) is 11.8. The van der Waals surface area contributed by atoms with Gasteiger partial charge in [-0.1, -0.05) is 29.8 Å². The van der Waals surface area contributed by atoms with E-state index in [1.165, 1.54) is 16.9 Å². The SMILES string of the molecule is C[C@H](Nc1cc(Cl)nc2c1cnn2[C@@H]1C[C@H](OCCOP(=O)(O)CP(=O)(O)O)[C@@H](O)[C@H]1O)c1ccccc1F. The number of hydrogen-bond acceptors (Lipinski definition) is 9. The van der Waals surface area contributed by atoms with Crippen molar-refractivity contribution < 1.29 is 47.7 Å². The highest BCUT2D eigenvalue weighted by Crippen LogP contribution is 2.55. The highest BCUT2D eigenvalue weighted by molar-refractivity contribution is 7.70. The fourth-order valence-corrected chi connectivity index (χ4v) is 7.25. The molecule has 2 heterocycles. The van der Waals surface area contributed by atoms with E-state index in [1.54, 1.807) is 31.2 Å². The van der Waals surface area contributed by atoms with Gasteiger partial charge in [-0.25, -0.2) is 14.1 Å². The van der Waals surface area contributed by atoms with Gasteiger partial charge in [0, 0.05) is 12.0 Å². The molecule has 1 aliphatic carbocycles. The first-order valence-corrected chi connectivity index (χ1v) is 15.7. The van der Waals surface area contributed by atoms with E-state index < -0.39 is 58.1 Å². The number of benzene rings is 1. The monoisotopic (exact) mass is 608 g/mol. The largest absolute Gasteiger partial charge is 0.388 e. The Balaban J connectivity index is 1.46. The second-order valence-corrected chi connectivity index (χ2v) is 13.6. The molecule has 214 valence electrons. The third kappa shape index (κ3) is 7.22. The van der Waals surface area contributed by atoms with E-state index >= 15 is 0 Å². The lowest BCUT2D eigenvalue weighted by molar-refractivity contribution is -0.0618. The highest BCUT2D eigenvalue weighted by atomic mass is 35.5. The van der Waals surface area contributed by atoms with Crippen molar-refractivity contribution >= 4 is 43.5 Å². The quantitative estimate of drug-likeness (QED) is 0.106. The van der Waals surface area contributed by atoms with E-state index in [2.05, 4.69) is 19.9 Å². The Morgan fingerprint density at radius 1 is 1.21 bits per heavy atom. The van der Waals surface area contributed by atoms with Gasteiger partial charge in [0.1, 0.15) is 23.2 Å². The topological polar surface area (TPSA) is 196 Å². The first-order chi connectivity index (χ1) is 18.3. The number of nitrogens with zero attached hydrogens (tertiary/aromatic N) is 3. The Morgan fingerprint density at radius 3 is 2.62 bits per heavy atom. The van der Waals surface area contributed by atoms with Crippen LogP contribution in [0, 0.1) is 5.82 Å². The summed E-state index contributed by atoms with van der Waals surface area (Å²) in [4.78, 5) is 31.6. The third-order valence-corrected chi connectivity index (χ3v) is 9.95. The van der Waals surface area contributed by atoms with Crippen molar-refractivity contribution in [2.75, 3.05) is 24.4 Å². The zero-order chi connectivity index (χ0) is 28.5.